The predicted molar refractivity (Wildman–Crippen MR) is 80.8 cm³/mol. The Labute approximate surface area is 124 Å². The van der Waals surface area contributed by atoms with Crippen LogP contribution >= 0.6 is 23.2 Å². The minimum Gasteiger partial charge on any atom is -0.353 e. The standard InChI is InChI=1S/C14H20Cl2N2O/c1-8(2)17-14(19)10(4)18-9(3)11-6-5-7-12(15)13(11)16/h5-10,18H,1-4H3,(H,17,19). The lowest BCUT2D eigenvalue weighted by Crippen LogP contribution is -2.45. The summed E-state index contributed by atoms with van der Waals surface area (Å²) in [5.74, 6) is -0.0278. The molecule has 0 spiro atoms. The minimum absolute atomic E-state index is 0.0278. The van der Waals surface area contributed by atoms with E-state index in [0.29, 0.717) is 10.0 Å². The number of halogens is 2. The zero-order valence-corrected chi connectivity index (χ0v) is 13.1. The zero-order valence-electron chi connectivity index (χ0n) is 11.6. The first-order valence-electron chi connectivity index (χ1n) is 6.33. The van der Waals surface area contributed by atoms with Gasteiger partial charge in [-0.15, -0.1) is 0 Å². The van der Waals surface area contributed by atoms with Gasteiger partial charge in [-0.2, -0.15) is 0 Å². The molecular formula is C14H20Cl2N2O. The average Bonchev–Trinajstić information content (AvgIpc) is 2.31. The highest BCUT2D eigenvalue weighted by atomic mass is 35.5. The van der Waals surface area contributed by atoms with Crippen LogP contribution in [0.3, 0.4) is 0 Å². The van der Waals surface area contributed by atoms with Gasteiger partial charge in [-0.1, -0.05) is 35.3 Å². The van der Waals surface area contributed by atoms with Gasteiger partial charge in [0, 0.05) is 12.1 Å². The van der Waals surface area contributed by atoms with Crippen LogP contribution in [0.4, 0.5) is 0 Å². The molecule has 1 aromatic carbocycles. The fourth-order valence-electron chi connectivity index (χ4n) is 1.80. The maximum atomic E-state index is 11.8. The lowest BCUT2D eigenvalue weighted by molar-refractivity contribution is -0.123. The van der Waals surface area contributed by atoms with Gasteiger partial charge in [0.25, 0.3) is 0 Å². The first-order valence-corrected chi connectivity index (χ1v) is 7.08. The summed E-state index contributed by atoms with van der Waals surface area (Å²) in [6.45, 7) is 7.65. The summed E-state index contributed by atoms with van der Waals surface area (Å²) < 4.78 is 0. The predicted octanol–water partition coefficient (Wildman–Crippen LogP) is 3.56. The zero-order chi connectivity index (χ0) is 14.6. The second kappa shape index (κ2) is 7.13. The van der Waals surface area contributed by atoms with E-state index in [1.807, 2.05) is 39.8 Å². The van der Waals surface area contributed by atoms with Crippen LogP contribution in [0.25, 0.3) is 0 Å². The highest BCUT2D eigenvalue weighted by molar-refractivity contribution is 6.42. The van der Waals surface area contributed by atoms with Crippen molar-refractivity contribution in [1.82, 2.24) is 10.6 Å². The van der Waals surface area contributed by atoms with Gasteiger partial charge >= 0.3 is 0 Å². The molecule has 0 saturated heterocycles. The molecule has 0 bridgehead atoms. The van der Waals surface area contributed by atoms with E-state index in [1.54, 1.807) is 6.07 Å². The minimum atomic E-state index is -0.299. The Morgan fingerprint density at radius 2 is 1.79 bits per heavy atom. The molecule has 106 valence electrons. The van der Waals surface area contributed by atoms with Crippen molar-refractivity contribution in [3.63, 3.8) is 0 Å². The first-order chi connectivity index (χ1) is 8.82. The molecular weight excluding hydrogens is 283 g/mol. The van der Waals surface area contributed by atoms with Crippen LogP contribution in [0.1, 0.15) is 39.3 Å². The lowest BCUT2D eigenvalue weighted by Gasteiger charge is -2.22. The maximum absolute atomic E-state index is 11.8. The topological polar surface area (TPSA) is 41.1 Å². The fraction of sp³-hybridized carbons (Fsp3) is 0.500. The lowest BCUT2D eigenvalue weighted by atomic mass is 10.1. The second-order valence-electron chi connectivity index (χ2n) is 4.92. The Kier molecular flexibility index (Phi) is 6.11. The smallest absolute Gasteiger partial charge is 0.237 e. The Balaban J connectivity index is 2.71. The summed E-state index contributed by atoms with van der Waals surface area (Å²) in [5, 5.41) is 7.13. The molecule has 0 aliphatic rings. The monoisotopic (exact) mass is 302 g/mol. The van der Waals surface area contributed by atoms with Crippen LogP contribution in [0, 0.1) is 0 Å². The highest BCUT2D eigenvalue weighted by Crippen LogP contribution is 2.29. The fourth-order valence-corrected chi connectivity index (χ4v) is 2.28. The molecule has 2 unspecified atom stereocenters. The van der Waals surface area contributed by atoms with Crippen LogP contribution in [-0.2, 0) is 4.79 Å². The largest absolute Gasteiger partial charge is 0.353 e. The Morgan fingerprint density at radius 3 is 2.37 bits per heavy atom. The number of carbonyl (C=O) groups is 1. The Hall–Kier alpha value is -0.770. The van der Waals surface area contributed by atoms with Crippen molar-refractivity contribution < 1.29 is 4.79 Å². The van der Waals surface area contributed by atoms with E-state index >= 15 is 0 Å². The van der Waals surface area contributed by atoms with Gasteiger partial charge in [-0.3, -0.25) is 10.1 Å². The average molecular weight is 303 g/mol. The summed E-state index contributed by atoms with van der Waals surface area (Å²) in [6, 6.07) is 5.27. The van der Waals surface area contributed by atoms with Gasteiger partial charge in [-0.25, -0.2) is 0 Å². The van der Waals surface area contributed by atoms with Crippen molar-refractivity contribution in [2.45, 2.75) is 45.8 Å². The van der Waals surface area contributed by atoms with E-state index in [9.17, 15) is 4.79 Å². The van der Waals surface area contributed by atoms with Crippen molar-refractivity contribution >= 4 is 29.1 Å². The van der Waals surface area contributed by atoms with E-state index in [-0.39, 0.29) is 24.0 Å². The van der Waals surface area contributed by atoms with E-state index in [2.05, 4.69) is 10.6 Å². The summed E-state index contributed by atoms with van der Waals surface area (Å²) in [7, 11) is 0. The van der Waals surface area contributed by atoms with E-state index in [1.165, 1.54) is 0 Å². The van der Waals surface area contributed by atoms with Crippen LogP contribution in [0.5, 0.6) is 0 Å². The third kappa shape index (κ3) is 4.68. The molecule has 19 heavy (non-hydrogen) atoms. The number of amides is 1. The molecule has 3 nitrogen and oxygen atoms in total. The number of hydrogen-bond donors (Lipinski definition) is 2. The van der Waals surface area contributed by atoms with Gasteiger partial charge in [0.15, 0.2) is 0 Å². The van der Waals surface area contributed by atoms with Gasteiger partial charge in [0.05, 0.1) is 16.1 Å². The van der Waals surface area contributed by atoms with Crippen LogP contribution in [-0.4, -0.2) is 18.0 Å². The van der Waals surface area contributed by atoms with Crippen molar-refractivity contribution in [3.05, 3.63) is 33.8 Å². The molecule has 0 heterocycles. The van der Waals surface area contributed by atoms with Gasteiger partial charge < -0.3 is 5.32 Å². The molecule has 5 heteroatoms. The molecule has 0 aliphatic heterocycles. The number of carbonyl (C=O) groups excluding carboxylic acids is 1. The molecule has 2 atom stereocenters. The van der Waals surface area contributed by atoms with Crippen molar-refractivity contribution in [2.75, 3.05) is 0 Å². The van der Waals surface area contributed by atoms with Crippen molar-refractivity contribution in [3.8, 4) is 0 Å². The molecule has 0 saturated carbocycles. The molecule has 1 aromatic rings. The molecule has 1 rings (SSSR count). The number of hydrogen-bond acceptors (Lipinski definition) is 2. The summed E-state index contributed by atoms with van der Waals surface area (Å²) in [4.78, 5) is 11.8. The summed E-state index contributed by atoms with van der Waals surface area (Å²) >= 11 is 12.1. The summed E-state index contributed by atoms with van der Waals surface area (Å²) in [6.07, 6.45) is 0. The van der Waals surface area contributed by atoms with Crippen molar-refractivity contribution in [2.24, 2.45) is 0 Å². The van der Waals surface area contributed by atoms with Crippen LogP contribution in [0.2, 0.25) is 10.0 Å². The maximum Gasteiger partial charge on any atom is 0.237 e. The Morgan fingerprint density at radius 1 is 1.16 bits per heavy atom. The number of rotatable bonds is 5. The quantitative estimate of drug-likeness (QED) is 0.873. The highest BCUT2D eigenvalue weighted by Gasteiger charge is 2.18. The van der Waals surface area contributed by atoms with E-state index in [0.717, 1.165) is 5.56 Å². The van der Waals surface area contributed by atoms with Crippen molar-refractivity contribution in [1.29, 1.82) is 0 Å². The third-order valence-corrected chi connectivity index (χ3v) is 3.61. The first kappa shape index (κ1) is 16.3. The van der Waals surface area contributed by atoms with E-state index in [4.69, 9.17) is 23.2 Å². The van der Waals surface area contributed by atoms with Gasteiger partial charge in [-0.05, 0) is 39.3 Å². The normalized spacial score (nSPS) is 14.3. The van der Waals surface area contributed by atoms with Crippen LogP contribution in [0.15, 0.2) is 18.2 Å². The van der Waals surface area contributed by atoms with Gasteiger partial charge in [0.2, 0.25) is 5.91 Å². The molecule has 2 N–H and O–H groups in total. The summed E-state index contributed by atoms with van der Waals surface area (Å²) in [5.41, 5.74) is 0.887. The number of benzene rings is 1. The molecule has 0 fully saturated rings. The third-order valence-electron chi connectivity index (χ3n) is 2.77. The van der Waals surface area contributed by atoms with Crippen LogP contribution < -0.4 is 10.6 Å². The Bertz CT molecular complexity index is 449. The number of nitrogens with one attached hydrogen (secondary N) is 2. The molecule has 0 aromatic heterocycles. The van der Waals surface area contributed by atoms with E-state index < -0.39 is 0 Å². The molecule has 0 aliphatic carbocycles. The molecule has 1 amide bonds. The molecule has 0 radical (unpaired) electrons. The van der Waals surface area contributed by atoms with Gasteiger partial charge in [0.1, 0.15) is 0 Å². The SMILES string of the molecule is CC(C)NC(=O)C(C)NC(C)c1cccc(Cl)c1Cl. The second-order valence-corrected chi connectivity index (χ2v) is 5.70.